The van der Waals surface area contributed by atoms with E-state index in [1.54, 1.807) is 33.2 Å². The molecule has 0 unspecified atom stereocenters. The van der Waals surface area contributed by atoms with E-state index in [-0.39, 0.29) is 28.9 Å². The second-order valence-corrected chi connectivity index (χ2v) is 6.99. The Morgan fingerprint density at radius 3 is 2.43 bits per heavy atom. The summed E-state index contributed by atoms with van der Waals surface area (Å²) in [5.41, 5.74) is 5.99. The molecule has 1 aromatic rings. The van der Waals surface area contributed by atoms with Crippen LogP contribution in [0.25, 0.3) is 0 Å². The van der Waals surface area contributed by atoms with Crippen LogP contribution in [-0.2, 0) is 14.8 Å². The zero-order valence-electron chi connectivity index (χ0n) is 12.2. The molecule has 0 atom stereocenters. The SMILES string of the molecule is CCN(CC(=O)N(C)C)S(=O)(=O)c1cccc(C(N)=S)c1. The topological polar surface area (TPSA) is 83.7 Å². The van der Waals surface area contributed by atoms with E-state index >= 15 is 0 Å². The van der Waals surface area contributed by atoms with Crippen molar-refractivity contribution in [2.75, 3.05) is 27.2 Å². The molecule has 21 heavy (non-hydrogen) atoms. The van der Waals surface area contributed by atoms with Crippen LogP contribution in [0, 0.1) is 0 Å². The molecule has 0 aliphatic rings. The number of carbonyl (C=O) groups is 1. The molecule has 0 aliphatic carbocycles. The molecule has 0 saturated carbocycles. The molecular formula is C13H19N3O3S2. The van der Waals surface area contributed by atoms with Crippen molar-refractivity contribution in [2.45, 2.75) is 11.8 Å². The van der Waals surface area contributed by atoms with Gasteiger partial charge in [0.1, 0.15) is 4.99 Å². The maximum absolute atomic E-state index is 12.6. The van der Waals surface area contributed by atoms with Crippen LogP contribution in [0.15, 0.2) is 29.2 Å². The number of sulfonamides is 1. The fraction of sp³-hybridized carbons (Fsp3) is 0.385. The van der Waals surface area contributed by atoms with Crippen molar-refractivity contribution in [1.29, 1.82) is 0 Å². The van der Waals surface area contributed by atoms with Gasteiger partial charge >= 0.3 is 0 Å². The van der Waals surface area contributed by atoms with Gasteiger partial charge < -0.3 is 10.6 Å². The lowest BCUT2D eigenvalue weighted by atomic mass is 10.2. The lowest BCUT2D eigenvalue weighted by Crippen LogP contribution is -2.40. The summed E-state index contributed by atoms with van der Waals surface area (Å²) in [5, 5.41) is 0. The van der Waals surface area contributed by atoms with Crippen molar-refractivity contribution in [3.8, 4) is 0 Å². The van der Waals surface area contributed by atoms with E-state index in [4.69, 9.17) is 18.0 Å². The molecular weight excluding hydrogens is 310 g/mol. The van der Waals surface area contributed by atoms with Gasteiger partial charge in [-0.2, -0.15) is 4.31 Å². The number of thiocarbonyl (C=S) groups is 1. The van der Waals surface area contributed by atoms with Crippen molar-refractivity contribution in [3.63, 3.8) is 0 Å². The number of hydrogen-bond donors (Lipinski definition) is 1. The molecule has 1 aromatic carbocycles. The minimum atomic E-state index is -3.77. The lowest BCUT2D eigenvalue weighted by molar-refractivity contribution is -0.128. The second-order valence-electron chi connectivity index (χ2n) is 4.61. The second kappa shape index (κ2) is 6.97. The van der Waals surface area contributed by atoms with Gasteiger partial charge in [0.05, 0.1) is 11.4 Å². The monoisotopic (exact) mass is 329 g/mol. The number of rotatable bonds is 6. The van der Waals surface area contributed by atoms with E-state index in [9.17, 15) is 13.2 Å². The molecule has 1 amide bonds. The Morgan fingerprint density at radius 1 is 1.33 bits per heavy atom. The Labute approximate surface area is 130 Å². The van der Waals surface area contributed by atoms with Crippen LogP contribution >= 0.6 is 12.2 Å². The molecule has 0 saturated heterocycles. The fourth-order valence-corrected chi connectivity index (χ4v) is 3.19. The third kappa shape index (κ3) is 4.23. The minimum Gasteiger partial charge on any atom is -0.389 e. The molecule has 0 aliphatic heterocycles. The quantitative estimate of drug-likeness (QED) is 0.765. The van der Waals surface area contributed by atoms with Gasteiger partial charge in [-0.15, -0.1) is 0 Å². The van der Waals surface area contributed by atoms with Crippen molar-refractivity contribution >= 4 is 33.1 Å². The first-order chi connectivity index (χ1) is 9.70. The van der Waals surface area contributed by atoms with Crippen LogP contribution in [0.3, 0.4) is 0 Å². The Bertz CT molecular complexity index is 642. The summed E-state index contributed by atoms with van der Waals surface area (Å²) < 4.78 is 26.3. The van der Waals surface area contributed by atoms with Crippen LogP contribution < -0.4 is 5.73 Å². The van der Waals surface area contributed by atoms with Gasteiger partial charge in [-0.3, -0.25) is 4.79 Å². The Hall–Kier alpha value is -1.51. The molecule has 1 rings (SSSR count). The lowest BCUT2D eigenvalue weighted by Gasteiger charge is -2.22. The Balaban J connectivity index is 3.16. The molecule has 0 aromatic heterocycles. The highest BCUT2D eigenvalue weighted by Gasteiger charge is 2.26. The van der Waals surface area contributed by atoms with Gasteiger partial charge in [-0.05, 0) is 12.1 Å². The third-order valence-electron chi connectivity index (χ3n) is 2.92. The molecule has 0 spiro atoms. The van der Waals surface area contributed by atoms with Crippen molar-refractivity contribution in [2.24, 2.45) is 5.73 Å². The number of hydrogen-bond acceptors (Lipinski definition) is 4. The van der Waals surface area contributed by atoms with Crippen molar-refractivity contribution < 1.29 is 13.2 Å². The van der Waals surface area contributed by atoms with Gasteiger partial charge in [0.15, 0.2) is 0 Å². The highest BCUT2D eigenvalue weighted by Crippen LogP contribution is 2.17. The number of nitrogens with two attached hydrogens (primary N) is 1. The van der Waals surface area contributed by atoms with Gasteiger partial charge in [-0.25, -0.2) is 8.42 Å². The van der Waals surface area contributed by atoms with Crippen molar-refractivity contribution in [1.82, 2.24) is 9.21 Å². The van der Waals surface area contributed by atoms with E-state index in [0.717, 1.165) is 4.31 Å². The first-order valence-corrected chi connectivity index (χ1v) is 8.15. The van der Waals surface area contributed by atoms with E-state index in [0.29, 0.717) is 5.56 Å². The summed E-state index contributed by atoms with van der Waals surface area (Å²) >= 11 is 4.85. The maximum atomic E-state index is 12.6. The van der Waals surface area contributed by atoms with Crippen LogP contribution in [0.2, 0.25) is 0 Å². The van der Waals surface area contributed by atoms with E-state index < -0.39 is 10.0 Å². The molecule has 0 bridgehead atoms. The van der Waals surface area contributed by atoms with Crippen molar-refractivity contribution in [3.05, 3.63) is 29.8 Å². The number of amides is 1. The molecule has 6 nitrogen and oxygen atoms in total. The van der Waals surface area contributed by atoms with E-state index in [2.05, 4.69) is 0 Å². The molecule has 116 valence electrons. The highest BCUT2D eigenvalue weighted by molar-refractivity contribution is 7.89. The summed E-state index contributed by atoms with van der Waals surface area (Å²) in [6, 6.07) is 6.09. The van der Waals surface area contributed by atoms with Crippen LogP contribution in [0.5, 0.6) is 0 Å². The molecule has 8 heteroatoms. The normalized spacial score (nSPS) is 11.4. The molecule has 0 radical (unpaired) electrons. The summed E-state index contributed by atoms with van der Waals surface area (Å²) in [6.45, 7) is 1.67. The van der Waals surface area contributed by atoms with Crippen LogP contribution in [0.1, 0.15) is 12.5 Å². The van der Waals surface area contributed by atoms with E-state index in [1.807, 2.05) is 0 Å². The van der Waals surface area contributed by atoms with E-state index in [1.165, 1.54) is 17.0 Å². The summed E-state index contributed by atoms with van der Waals surface area (Å²) in [5.74, 6) is -0.286. The largest absolute Gasteiger partial charge is 0.389 e. The summed E-state index contributed by atoms with van der Waals surface area (Å²) in [7, 11) is -0.606. The molecule has 0 heterocycles. The molecule has 0 fully saturated rings. The number of benzene rings is 1. The Morgan fingerprint density at radius 2 is 1.95 bits per heavy atom. The fourth-order valence-electron chi connectivity index (χ4n) is 1.62. The smallest absolute Gasteiger partial charge is 0.243 e. The van der Waals surface area contributed by atoms with Crippen LogP contribution in [0.4, 0.5) is 0 Å². The number of carbonyl (C=O) groups excluding carboxylic acids is 1. The Kier molecular flexibility index (Phi) is 5.82. The number of nitrogens with zero attached hydrogens (tertiary/aromatic N) is 2. The first kappa shape index (κ1) is 17.5. The van der Waals surface area contributed by atoms with Gasteiger partial charge in [0.2, 0.25) is 15.9 Å². The maximum Gasteiger partial charge on any atom is 0.243 e. The van der Waals surface area contributed by atoms with Gasteiger partial charge in [0.25, 0.3) is 0 Å². The highest BCUT2D eigenvalue weighted by atomic mass is 32.2. The third-order valence-corrected chi connectivity index (χ3v) is 5.07. The zero-order chi connectivity index (χ0) is 16.2. The predicted octanol–water partition coefficient (Wildman–Crippen LogP) is 0.420. The average molecular weight is 329 g/mol. The first-order valence-electron chi connectivity index (χ1n) is 6.30. The zero-order valence-corrected chi connectivity index (χ0v) is 13.9. The van der Waals surface area contributed by atoms with Gasteiger partial charge in [-0.1, -0.05) is 31.3 Å². The summed E-state index contributed by atoms with van der Waals surface area (Å²) in [6.07, 6.45) is 0. The molecule has 2 N–H and O–H groups in total. The van der Waals surface area contributed by atoms with Crippen LogP contribution in [-0.4, -0.2) is 55.7 Å². The minimum absolute atomic E-state index is 0.0706. The van der Waals surface area contributed by atoms with Gasteiger partial charge in [0, 0.05) is 26.2 Å². The average Bonchev–Trinajstić information content (AvgIpc) is 2.44. The standard InChI is InChI=1S/C13H19N3O3S2/c1-4-16(9-12(17)15(2)3)21(18,19)11-7-5-6-10(8-11)13(14)20/h5-8H,4,9H2,1-3H3,(H2,14,20). The number of likely N-dealkylation sites (N-methyl/N-ethyl adjacent to an activating group) is 2. The summed E-state index contributed by atoms with van der Waals surface area (Å²) in [4.78, 5) is 13.3. The predicted molar refractivity (Wildman–Crippen MR) is 85.5 cm³/mol.